The van der Waals surface area contributed by atoms with E-state index in [1.54, 1.807) is 0 Å². The SMILES string of the molecule is CCOCCCN(CCC(=O)O)CCC(C)C. The Bertz CT molecular complexity index is 195. The van der Waals surface area contributed by atoms with Crippen LogP contribution in [0.3, 0.4) is 0 Å². The number of nitrogens with zero attached hydrogens (tertiary/aromatic N) is 1. The summed E-state index contributed by atoms with van der Waals surface area (Å²) in [4.78, 5) is 12.8. The average molecular weight is 245 g/mol. The molecule has 0 bridgehead atoms. The molecule has 0 aliphatic carbocycles. The van der Waals surface area contributed by atoms with E-state index in [1.807, 2.05) is 6.92 Å². The highest BCUT2D eigenvalue weighted by Gasteiger charge is 2.08. The van der Waals surface area contributed by atoms with E-state index in [2.05, 4.69) is 18.7 Å². The van der Waals surface area contributed by atoms with Gasteiger partial charge in [-0.2, -0.15) is 0 Å². The van der Waals surface area contributed by atoms with Crippen molar-refractivity contribution in [3.05, 3.63) is 0 Å². The Balaban J connectivity index is 3.79. The van der Waals surface area contributed by atoms with Crippen molar-refractivity contribution in [2.75, 3.05) is 32.8 Å². The van der Waals surface area contributed by atoms with Crippen LogP contribution in [0.5, 0.6) is 0 Å². The smallest absolute Gasteiger partial charge is 0.304 e. The number of hydrogen-bond donors (Lipinski definition) is 1. The summed E-state index contributed by atoms with van der Waals surface area (Å²) >= 11 is 0. The van der Waals surface area contributed by atoms with E-state index >= 15 is 0 Å². The van der Waals surface area contributed by atoms with Crippen molar-refractivity contribution >= 4 is 5.97 Å². The molecule has 0 aromatic rings. The predicted molar refractivity (Wildman–Crippen MR) is 69.3 cm³/mol. The van der Waals surface area contributed by atoms with Crippen LogP contribution in [0.4, 0.5) is 0 Å². The highest BCUT2D eigenvalue weighted by Crippen LogP contribution is 2.04. The molecule has 0 aliphatic rings. The van der Waals surface area contributed by atoms with Gasteiger partial charge >= 0.3 is 5.97 Å². The maximum atomic E-state index is 10.6. The molecule has 4 nitrogen and oxygen atoms in total. The summed E-state index contributed by atoms with van der Waals surface area (Å²) in [6, 6.07) is 0. The van der Waals surface area contributed by atoms with E-state index < -0.39 is 5.97 Å². The van der Waals surface area contributed by atoms with Crippen molar-refractivity contribution in [2.45, 2.75) is 40.0 Å². The van der Waals surface area contributed by atoms with Gasteiger partial charge in [0.1, 0.15) is 0 Å². The van der Waals surface area contributed by atoms with Crippen molar-refractivity contribution in [3.63, 3.8) is 0 Å². The first-order valence-electron chi connectivity index (χ1n) is 6.58. The molecule has 0 saturated carbocycles. The second-order valence-electron chi connectivity index (χ2n) is 4.72. The maximum absolute atomic E-state index is 10.6. The summed E-state index contributed by atoms with van der Waals surface area (Å²) in [6.07, 6.45) is 2.33. The van der Waals surface area contributed by atoms with Gasteiger partial charge in [-0.3, -0.25) is 4.79 Å². The average Bonchev–Trinajstić information content (AvgIpc) is 2.26. The van der Waals surface area contributed by atoms with Gasteiger partial charge in [-0.1, -0.05) is 13.8 Å². The number of carboxylic acid groups (broad SMARTS) is 1. The lowest BCUT2D eigenvalue weighted by atomic mass is 10.1. The third-order valence-corrected chi connectivity index (χ3v) is 2.63. The van der Waals surface area contributed by atoms with Crippen molar-refractivity contribution < 1.29 is 14.6 Å². The molecule has 17 heavy (non-hydrogen) atoms. The molecular formula is C13H27NO3. The van der Waals surface area contributed by atoms with Gasteiger partial charge in [0.05, 0.1) is 6.42 Å². The van der Waals surface area contributed by atoms with Crippen LogP contribution in [-0.2, 0) is 9.53 Å². The number of hydrogen-bond acceptors (Lipinski definition) is 3. The minimum Gasteiger partial charge on any atom is -0.481 e. The molecule has 0 aromatic heterocycles. The summed E-state index contributed by atoms with van der Waals surface area (Å²) in [7, 11) is 0. The molecule has 0 aromatic carbocycles. The molecule has 0 unspecified atom stereocenters. The molecular weight excluding hydrogens is 218 g/mol. The summed E-state index contributed by atoms with van der Waals surface area (Å²) in [5.41, 5.74) is 0. The number of carboxylic acids is 1. The summed E-state index contributed by atoms with van der Waals surface area (Å²) in [6.45, 7) is 10.4. The Labute approximate surface area is 105 Å². The van der Waals surface area contributed by atoms with Crippen LogP contribution in [0, 0.1) is 5.92 Å². The minimum absolute atomic E-state index is 0.229. The lowest BCUT2D eigenvalue weighted by Gasteiger charge is -2.22. The second kappa shape index (κ2) is 10.5. The van der Waals surface area contributed by atoms with E-state index in [0.29, 0.717) is 12.5 Å². The van der Waals surface area contributed by atoms with Crippen LogP contribution in [0.25, 0.3) is 0 Å². The Hall–Kier alpha value is -0.610. The van der Waals surface area contributed by atoms with Crippen molar-refractivity contribution in [1.29, 1.82) is 0 Å². The Morgan fingerprint density at radius 1 is 1.29 bits per heavy atom. The van der Waals surface area contributed by atoms with Gasteiger partial charge < -0.3 is 14.7 Å². The first-order chi connectivity index (χ1) is 8.06. The molecule has 0 radical (unpaired) electrons. The zero-order valence-corrected chi connectivity index (χ0v) is 11.4. The molecule has 0 saturated heterocycles. The summed E-state index contributed by atoms with van der Waals surface area (Å²) in [5.74, 6) is -0.0569. The zero-order chi connectivity index (χ0) is 13.1. The predicted octanol–water partition coefficient (Wildman–Crippen LogP) is 2.24. The van der Waals surface area contributed by atoms with Crippen LogP contribution >= 0.6 is 0 Å². The van der Waals surface area contributed by atoms with Crippen molar-refractivity contribution in [2.24, 2.45) is 5.92 Å². The van der Waals surface area contributed by atoms with E-state index in [9.17, 15) is 4.79 Å². The molecule has 0 rings (SSSR count). The fraction of sp³-hybridized carbons (Fsp3) is 0.923. The fourth-order valence-electron chi connectivity index (χ4n) is 1.56. The topological polar surface area (TPSA) is 49.8 Å². The standard InChI is InChI=1S/C13H27NO3/c1-4-17-11-5-8-14(9-6-12(2)3)10-7-13(15)16/h12H,4-11H2,1-3H3,(H,15,16). The van der Waals surface area contributed by atoms with Gasteiger partial charge in [-0.25, -0.2) is 0 Å². The number of ether oxygens (including phenoxy) is 1. The molecule has 0 amide bonds. The third kappa shape index (κ3) is 11.6. The summed E-state index contributed by atoms with van der Waals surface area (Å²) < 4.78 is 5.29. The molecule has 0 fully saturated rings. The van der Waals surface area contributed by atoms with Crippen LogP contribution in [0.2, 0.25) is 0 Å². The van der Waals surface area contributed by atoms with Gasteiger partial charge in [0, 0.05) is 26.3 Å². The van der Waals surface area contributed by atoms with E-state index in [0.717, 1.165) is 39.1 Å². The van der Waals surface area contributed by atoms with E-state index in [-0.39, 0.29) is 6.42 Å². The van der Waals surface area contributed by atoms with E-state index in [4.69, 9.17) is 9.84 Å². The van der Waals surface area contributed by atoms with Gasteiger partial charge in [0.25, 0.3) is 0 Å². The van der Waals surface area contributed by atoms with Crippen LogP contribution in [0.15, 0.2) is 0 Å². The lowest BCUT2D eigenvalue weighted by Crippen LogP contribution is -2.30. The largest absolute Gasteiger partial charge is 0.481 e. The molecule has 4 heteroatoms. The zero-order valence-electron chi connectivity index (χ0n) is 11.4. The monoisotopic (exact) mass is 245 g/mol. The van der Waals surface area contributed by atoms with Gasteiger partial charge in [0.15, 0.2) is 0 Å². The summed E-state index contributed by atoms with van der Waals surface area (Å²) in [5, 5.41) is 8.70. The molecule has 102 valence electrons. The second-order valence-corrected chi connectivity index (χ2v) is 4.72. The van der Waals surface area contributed by atoms with Crippen molar-refractivity contribution in [3.8, 4) is 0 Å². The quantitative estimate of drug-likeness (QED) is 0.567. The Morgan fingerprint density at radius 3 is 2.53 bits per heavy atom. The maximum Gasteiger partial charge on any atom is 0.304 e. The lowest BCUT2D eigenvalue weighted by molar-refractivity contribution is -0.137. The first kappa shape index (κ1) is 16.4. The van der Waals surface area contributed by atoms with Gasteiger partial charge in [-0.15, -0.1) is 0 Å². The van der Waals surface area contributed by atoms with E-state index in [1.165, 1.54) is 0 Å². The van der Waals surface area contributed by atoms with Crippen LogP contribution in [0.1, 0.15) is 40.0 Å². The number of carbonyl (C=O) groups is 1. The first-order valence-corrected chi connectivity index (χ1v) is 6.58. The van der Waals surface area contributed by atoms with Crippen LogP contribution in [-0.4, -0.2) is 48.8 Å². The highest BCUT2D eigenvalue weighted by molar-refractivity contribution is 5.66. The van der Waals surface area contributed by atoms with Gasteiger partial charge in [-0.05, 0) is 32.2 Å². The van der Waals surface area contributed by atoms with Crippen LogP contribution < -0.4 is 0 Å². The Morgan fingerprint density at radius 2 is 2.00 bits per heavy atom. The molecule has 0 heterocycles. The Kier molecular flexibility index (Phi) is 10.2. The van der Waals surface area contributed by atoms with Gasteiger partial charge in [0.2, 0.25) is 0 Å². The minimum atomic E-state index is -0.718. The number of aliphatic carboxylic acids is 1. The third-order valence-electron chi connectivity index (χ3n) is 2.63. The molecule has 0 atom stereocenters. The molecule has 0 aliphatic heterocycles. The molecule has 1 N–H and O–H groups in total. The normalized spacial score (nSPS) is 11.4. The fourth-order valence-corrected chi connectivity index (χ4v) is 1.56. The number of rotatable bonds is 11. The van der Waals surface area contributed by atoms with Crippen molar-refractivity contribution in [1.82, 2.24) is 4.90 Å². The highest BCUT2D eigenvalue weighted by atomic mass is 16.5. The molecule has 0 spiro atoms.